The average Bonchev–Trinajstić information content (AvgIpc) is 2.69. The monoisotopic (exact) mass is 429 g/mol. The molecule has 8 nitrogen and oxygen atoms in total. The first-order valence-electron chi connectivity index (χ1n) is 11.2. The second-order valence-electron chi connectivity index (χ2n) is 10.2. The van der Waals surface area contributed by atoms with Crippen LogP contribution in [0, 0.1) is 39.2 Å². The van der Waals surface area contributed by atoms with Gasteiger partial charge < -0.3 is 15.7 Å². The van der Waals surface area contributed by atoms with E-state index in [9.17, 15) is 24.8 Å². The van der Waals surface area contributed by atoms with E-state index in [2.05, 4.69) is 10.6 Å². The standard InChI is InChI=1S/C23H31N3O5/c1-13(2)20(21(28)24-12-17-8-18(26(30)31)3-4-19(17)27)25-22(29)23-9-14-5-15(10-23)7-16(6-14)11-23/h3-4,8,13-16,20,27H,5-7,9-12H2,1-2H3,(H,24,28)(H,25,29)/t14?,15?,16?,20-,23?/m0/s1. The van der Waals surface area contributed by atoms with Crippen LogP contribution in [0.2, 0.25) is 0 Å². The third-order valence-electron chi connectivity index (χ3n) is 7.48. The highest BCUT2D eigenvalue weighted by atomic mass is 16.6. The van der Waals surface area contributed by atoms with Crippen LogP contribution < -0.4 is 10.6 Å². The minimum atomic E-state index is -0.693. The summed E-state index contributed by atoms with van der Waals surface area (Å²) in [5, 5.41) is 26.7. The number of rotatable bonds is 7. The van der Waals surface area contributed by atoms with Crippen LogP contribution in [0.3, 0.4) is 0 Å². The van der Waals surface area contributed by atoms with E-state index in [1.54, 1.807) is 0 Å². The van der Waals surface area contributed by atoms with E-state index in [4.69, 9.17) is 0 Å². The lowest BCUT2D eigenvalue weighted by Crippen LogP contribution is -2.58. The number of nitrogens with zero attached hydrogens (tertiary/aromatic N) is 1. The van der Waals surface area contributed by atoms with Gasteiger partial charge in [0.2, 0.25) is 11.8 Å². The largest absolute Gasteiger partial charge is 0.508 e. The fourth-order valence-corrected chi connectivity index (χ4v) is 6.34. The van der Waals surface area contributed by atoms with Crippen molar-refractivity contribution in [2.45, 2.75) is 65.0 Å². The second-order valence-corrected chi connectivity index (χ2v) is 10.2. The van der Waals surface area contributed by atoms with E-state index in [1.807, 2.05) is 13.8 Å². The lowest BCUT2D eigenvalue weighted by Gasteiger charge is -2.55. The summed E-state index contributed by atoms with van der Waals surface area (Å²) in [6.07, 6.45) is 6.52. The topological polar surface area (TPSA) is 122 Å². The number of non-ortho nitro benzene ring substituents is 1. The van der Waals surface area contributed by atoms with E-state index >= 15 is 0 Å². The van der Waals surface area contributed by atoms with Gasteiger partial charge >= 0.3 is 0 Å². The number of nitrogens with one attached hydrogen (secondary N) is 2. The van der Waals surface area contributed by atoms with E-state index in [1.165, 1.54) is 37.5 Å². The Labute approximate surface area is 181 Å². The van der Waals surface area contributed by atoms with Crippen LogP contribution in [-0.2, 0) is 16.1 Å². The summed E-state index contributed by atoms with van der Waals surface area (Å²) < 4.78 is 0. The smallest absolute Gasteiger partial charge is 0.270 e. The zero-order valence-electron chi connectivity index (χ0n) is 18.1. The lowest BCUT2D eigenvalue weighted by molar-refractivity contribution is -0.384. The molecular weight excluding hydrogens is 398 g/mol. The van der Waals surface area contributed by atoms with Crippen molar-refractivity contribution in [2.75, 3.05) is 0 Å². The van der Waals surface area contributed by atoms with Gasteiger partial charge in [-0.3, -0.25) is 19.7 Å². The van der Waals surface area contributed by atoms with Gasteiger partial charge in [0.05, 0.1) is 4.92 Å². The summed E-state index contributed by atoms with van der Waals surface area (Å²) in [5.74, 6) is 1.33. The molecule has 4 saturated carbocycles. The van der Waals surface area contributed by atoms with Gasteiger partial charge in [-0.15, -0.1) is 0 Å². The number of hydrogen-bond acceptors (Lipinski definition) is 5. The van der Waals surface area contributed by atoms with Gasteiger partial charge in [-0.2, -0.15) is 0 Å². The van der Waals surface area contributed by atoms with Crippen molar-refractivity contribution >= 4 is 17.5 Å². The molecule has 0 aliphatic heterocycles. The first-order valence-corrected chi connectivity index (χ1v) is 11.2. The molecule has 4 bridgehead atoms. The molecule has 1 aromatic rings. The van der Waals surface area contributed by atoms with E-state index in [-0.39, 0.29) is 46.7 Å². The molecule has 5 rings (SSSR count). The van der Waals surface area contributed by atoms with Crippen LogP contribution in [0.15, 0.2) is 18.2 Å². The summed E-state index contributed by atoms with van der Waals surface area (Å²) in [5.41, 5.74) is -0.226. The Balaban J connectivity index is 1.42. The zero-order valence-corrected chi connectivity index (χ0v) is 18.1. The highest BCUT2D eigenvalue weighted by Crippen LogP contribution is 2.60. The number of amides is 2. The fourth-order valence-electron chi connectivity index (χ4n) is 6.34. The van der Waals surface area contributed by atoms with Crippen molar-refractivity contribution < 1.29 is 19.6 Å². The normalized spacial score (nSPS) is 29.6. The van der Waals surface area contributed by atoms with Crippen LogP contribution in [0.1, 0.15) is 57.9 Å². The third-order valence-corrected chi connectivity index (χ3v) is 7.48. The van der Waals surface area contributed by atoms with Crippen molar-refractivity contribution in [2.24, 2.45) is 29.1 Å². The maximum atomic E-state index is 13.4. The first-order chi connectivity index (χ1) is 14.7. The Morgan fingerprint density at radius 1 is 1.16 bits per heavy atom. The fraction of sp³-hybridized carbons (Fsp3) is 0.652. The minimum absolute atomic E-state index is 0.00125. The molecule has 1 atom stereocenters. The quantitative estimate of drug-likeness (QED) is 0.454. The van der Waals surface area contributed by atoms with Gasteiger partial charge in [0.15, 0.2) is 0 Å². The number of phenols is 1. The molecule has 0 spiro atoms. The van der Waals surface area contributed by atoms with Crippen molar-refractivity contribution in [3.05, 3.63) is 33.9 Å². The maximum Gasteiger partial charge on any atom is 0.270 e. The molecule has 0 unspecified atom stereocenters. The van der Waals surface area contributed by atoms with Gasteiger partial charge in [-0.05, 0) is 68.3 Å². The molecule has 1 aromatic carbocycles. The summed E-state index contributed by atoms with van der Waals surface area (Å²) in [4.78, 5) is 36.7. The molecule has 31 heavy (non-hydrogen) atoms. The molecule has 4 fully saturated rings. The van der Waals surface area contributed by atoms with Gasteiger partial charge in [-0.1, -0.05) is 13.8 Å². The Bertz CT molecular complexity index is 862. The Morgan fingerprint density at radius 3 is 2.26 bits per heavy atom. The number of hydrogen-bond donors (Lipinski definition) is 3. The van der Waals surface area contributed by atoms with Gasteiger partial charge in [0, 0.05) is 29.7 Å². The SMILES string of the molecule is CC(C)[C@H](NC(=O)C12CC3CC(CC(C3)C1)C2)C(=O)NCc1cc([N+](=O)[O-])ccc1O. The zero-order chi connectivity index (χ0) is 22.3. The summed E-state index contributed by atoms with van der Waals surface area (Å²) in [6, 6.07) is 3.01. The van der Waals surface area contributed by atoms with E-state index < -0.39 is 11.0 Å². The van der Waals surface area contributed by atoms with Crippen molar-refractivity contribution in [1.29, 1.82) is 0 Å². The van der Waals surface area contributed by atoms with Crippen molar-refractivity contribution in [3.63, 3.8) is 0 Å². The number of phenolic OH excluding ortho intramolecular Hbond substituents is 1. The van der Waals surface area contributed by atoms with Crippen LogP contribution >= 0.6 is 0 Å². The second kappa shape index (κ2) is 8.13. The lowest BCUT2D eigenvalue weighted by atomic mass is 9.49. The van der Waals surface area contributed by atoms with E-state index in [0.717, 1.165) is 19.3 Å². The molecular formula is C23H31N3O5. The number of benzene rings is 1. The Morgan fingerprint density at radius 2 is 1.74 bits per heavy atom. The molecule has 0 saturated heterocycles. The number of nitro groups is 1. The van der Waals surface area contributed by atoms with Crippen LogP contribution in [0.4, 0.5) is 5.69 Å². The average molecular weight is 430 g/mol. The van der Waals surface area contributed by atoms with Crippen LogP contribution in [0.5, 0.6) is 5.75 Å². The Kier molecular flexibility index (Phi) is 5.66. The number of aromatic hydroxyl groups is 1. The van der Waals surface area contributed by atoms with Crippen LogP contribution in [0.25, 0.3) is 0 Å². The molecule has 4 aliphatic rings. The molecule has 0 aromatic heterocycles. The number of carbonyl (C=O) groups excluding carboxylic acids is 2. The summed E-state index contributed by atoms with van der Waals surface area (Å²) in [7, 11) is 0. The molecule has 3 N–H and O–H groups in total. The molecule has 0 radical (unpaired) electrons. The minimum Gasteiger partial charge on any atom is -0.508 e. The van der Waals surface area contributed by atoms with Gasteiger partial charge in [-0.25, -0.2) is 0 Å². The highest BCUT2D eigenvalue weighted by molar-refractivity contribution is 5.90. The van der Waals surface area contributed by atoms with Gasteiger partial charge in [0.25, 0.3) is 5.69 Å². The Hall–Kier alpha value is -2.64. The highest BCUT2D eigenvalue weighted by Gasteiger charge is 2.55. The maximum absolute atomic E-state index is 13.4. The van der Waals surface area contributed by atoms with Crippen LogP contribution in [-0.4, -0.2) is 27.9 Å². The predicted molar refractivity (Wildman–Crippen MR) is 114 cm³/mol. The number of nitro benzene ring substituents is 1. The number of carbonyl (C=O) groups is 2. The van der Waals surface area contributed by atoms with Gasteiger partial charge in [0.1, 0.15) is 11.8 Å². The molecule has 0 heterocycles. The molecule has 2 amide bonds. The molecule has 168 valence electrons. The van der Waals surface area contributed by atoms with E-state index in [0.29, 0.717) is 17.8 Å². The predicted octanol–water partition coefficient (Wildman–Crippen LogP) is 3.27. The first kappa shape index (κ1) is 21.6. The molecule has 4 aliphatic carbocycles. The third kappa shape index (κ3) is 4.25. The molecule has 8 heteroatoms. The van der Waals surface area contributed by atoms with Crippen molar-refractivity contribution in [1.82, 2.24) is 10.6 Å². The summed E-state index contributed by atoms with van der Waals surface area (Å²) >= 11 is 0. The summed E-state index contributed by atoms with van der Waals surface area (Å²) in [6.45, 7) is 3.72. The van der Waals surface area contributed by atoms with Crippen molar-refractivity contribution in [3.8, 4) is 5.75 Å².